The van der Waals surface area contributed by atoms with Gasteiger partial charge >= 0.3 is 6.03 Å². The van der Waals surface area contributed by atoms with Gasteiger partial charge in [-0.25, -0.2) is 14.5 Å². The van der Waals surface area contributed by atoms with Gasteiger partial charge in [0.05, 0.1) is 17.6 Å². The van der Waals surface area contributed by atoms with Crippen LogP contribution in [0, 0.1) is 6.92 Å². The van der Waals surface area contributed by atoms with Crippen molar-refractivity contribution in [2.45, 2.75) is 6.92 Å². The molecular weight excluding hydrogens is 308 g/mol. The minimum Gasteiger partial charge on any atom is -0.301 e. The molecule has 122 valence electrons. The predicted octanol–water partition coefficient (Wildman–Crippen LogP) is 1.92. The van der Waals surface area contributed by atoms with Crippen molar-refractivity contribution in [1.82, 2.24) is 19.3 Å². The van der Waals surface area contributed by atoms with Gasteiger partial charge in [0.2, 0.25) is 0 Å². The van der Waals surface area contributed by atoms with Crippen LogP contribution in [0.1, 0.15) is 5.69 Å². The minimum atomic E-state index is -0.554. The molecule has 3 aromatic rings. The Bertz CT molecular complexity index is 915. The lowest BCUT2D eigenvalue weighted by Gasteiger charge is -2.07. The minimum absolute atomic E-state index is 0.211. The Hall–Kier alpha value is -3.42. The number of anilines is 2. The first-order valence-electron chi connectivity index (χ1n) is 7.26. The largest absolute Gasteiger partial charge is 0.325 e. The molecule has 3 rings (SSSR count). The number of benzene rings is 1. The van der Waals surface area contributed by atoms with Gasteiger partial charge in [0.15, 0.2) is 5.82 Å². The molecule has 8 nitrogen and oxygen atoms in total. The molecule has 0 spiro atoms. The van der Waals surface area contributed by atoms with E-state index in [0.717, 1.165) is 5.69 Å². The van der Waals surface area contributed by atoms with Gasteiger partial charge in [-0.1, -0.05) is 18.2 Å². The van der Waals surface area contributed by atoms with Crippen LogP contribution < -0.4 is 16.2 Å². The molecule has 0 aliphatic heterocycles. The van der Waals surface area contributed by atoms with E-state index in [0.29, 0.717) is 11.5 Å². The second-order valence-electron chi connectivity index (χ2n) is 5.11. The van der Waals surface area contributed by atoms with Crippen molar-refractivity contribution in [2.24, 2.45) is 7.05 Å². The lowest BCUT2D eigenvalue weighted by atomic mass is 10.3. The van der Waals surface area contributed by atoms with Crippen LogP contribution in [0.5, 0.6) is 0 Å². The van der Waals surface area contributed by atoms with Crippen molar-refractivity contribution in [3.05, 3.63) is 65.0 Å². The lowest BCUT2D eigenvalue weighted by molar-refractivity contribution is 0.262. The molecule has 0 fully saturated rings. The first-order valence-corrected chi connectivity index (χ1v) is 7.26. The Balaban J connectivity index is 1.90. The van der Waals surface area contributed by atoms with Gasteiger partial charge in [-0.3, -0.25) is 19.8 Å². The van der Waals surface area contributed by atoms with Crippen molar-refractivity contribution in [2.75, 3.05) is 10.6 Å². The highest BCUT2D eigenvalue weighted by Gasteiger charge is 2.18. The van der Waals surface area contributed by atoms with Crippen LogP contribution in [-0.2, 0) is 7.05 Å². The second kappa shape index (κ2) is 6.37. The number of nitrogens with one attached hydrogen (secondary N) is 2. The van der Waals surface area contributed by atoms with Crippen LogP contribution in [0.4, 0.5) is 16.3 Å². The zero-order chi connectivity index (χ0) is 17.1. The molecule has 0 unspecified atom stereocenters. The number of para-hydroxylation sites is 1. The third-order valence-electron chi connectivity index (χ3n) is 3.60. The van der Waals surface area contributed by atoms with Crippen molar-refractivity contribution in [3.8, 4) is 5.69 Å². The van der Waals surface area contributed by atoms with Crippen molar-refractivity contribution in [1.29, 1.82) is 0 Å². The Kier molecular flexibility index (Phi) is 4.11. The normalized spacial score (nSPS) is 10.4. The molecule has 0 aliphatic rings. The average Bonchev–Trinajstić information content (AvgIpc) is 2.80. The van der Waals surface area contributed by atoms with Crippen molar-refractivity contribution in [3.63, 3.8) is 0 Å². The van der Waals surface area contributed by atoms with Crippen LogP contribution in [-0.4, -0.2) is 25.4 Å². The topological polar surface area (TPSA) is 93.8 Å². The molecule has 2 aromatic heterocycles. The van der Waals surface area contributed by atoms with Crippen LogP contribution in [0.3, 0.4) is 0 Å². The molecule has 0 radical (unpaired) electrons. The number of amides is 2. The summed E-state index contributed by atoms with van der Waals surface area (Å²) in [7, 11) is 1.76. The molecule has 0 atom stereocenters. The van der Waals surface area contributed by atoms with E-state index < -0.39 is 6.03 Å². The molecular formula is C16H16N6O2. The molecule has 0 saturated heterocycles. The highest BCUT2D eigenvalue weighted by molar-refractivity contribution is 5.99. The number of carbonyl (C=O) groups is 1. The summed E-state index contributed by atoms with van der Waals surface area (Å²) in [5, 5.41) is 5.12. The molecule has 0 bridgehead atoms. The predicted molar refractivity (Wildman–Crippen MR) is 90.4 cm³/mol. The lowest BCUT2D eigenvalue weighted by Crippen LogP contribution is -2.25. The van der Waals surface area contributed by atoms with E-state index >= 15 is 0 Å². The molecule has 0 saturated carbocycles. The van der Waals surface area contributed by atoms with Gasteiger partial charge in [-0.05, 0) is 19.1 Å². The summed E-state index contributed by atoms with van der Waals surface area (Å²) >= 11 is 0. The molecule has 0 aliphatic carbocycles. The third-order valence-corrected chi connectivity index (χ3v) is 3.60. The van der Waals surface area contributed by atoms with Crippen LogP contribution in [0.2, 0.25) is 0 Å². The summed E-state index contributed by atoms with van der Waals surface area (Å²) < 4.78 is 3.18. The fraction of sp³-hybridized carbons (Fsp3) is 0.125. The first-order chi connectivity index (χ1) is 11.6. The SMILES string of the molecule is Cc1c(NC(=O)Nc2cnccn2)c(=O)n(-c2ccccc2)n1C. The Morgan fingerprint density at radius 1 is 1.12 bits per heavy atom. The summed E-state index contributed by atoms with van der Waals surface area (Å²) in [6.07, 6.45) is 4.38. The van der Waals surface area contributed by atoms with E-state index in [1.165, 1.54) is 23.3 Å². The monoisotopic (exact) mass is 324 g/mol. The van der Waals surface area contributed by atoms with Gasteiger partial charge < -0.3 is 5.32 Å². The average molecular weight is 324 g/mol. The highest BCUT2D eigenvalue weighted by atomic mass is 16.2. The summed E-state index contributed by atoms with van der Waals surface area (Å²) in [5.41, 5.74) is 1.26. The fourth-order valence-corrected chi connectivity index (χ4v) is 2.34. The second-order valence-corrected chi connectivity index (χ2v) is 5.11. The maximum Gasteiger partial charge on any atom is 0.325 e. The molecule has 8 heteroatoms. The summed E-state index contributed by atoms with van der Waals surface area (Å²) in [5.74, 6) is 0.298. The maximum atomic E-state index is 12.7. The summed E-state index contributed by atoms with van der Waals surface area (Å²) in [6, 6.07) is 8.66. The third kappa shape index (κ3) is 2.89. The molecule has 1 aromatic carbocycles. The van der Waals surface area contributed by atoms with E-state index in [1.54, 1.807) is 18.7 Å². The number of hydrogen-bond donors (Lipinski definition) is 2. The Labute approximate surface area is 137 Å². The number of carbonyl (C=O) groups excluding carboxylic acids is 1. The zero-order valence-electron chi connectivity index (χ0n) is 13.2. The standard InChI is InChI=1S/C16H16N6O2/c1-11-14(20-16(24)19-13-10-17-8-9-18-13)15(23)22(21(11)2)12-6-4-3-5-7-12/h3-10H,1-2H3,(H2,18,19,20,24). The van der Waals surface area contributed by atoms with Crippen LogP contribution >= 0.6 is 0 Å². The fourth-order valence-electron chi connectivity index (χ4n) is 2.34. The Morgan fingerprint density at radius 3 is 2.54 bits per heavy atom. The van der Waals surface area contributed by atoms with Crippen LogP contribution in [0.25, 0.3) is 5.69 Å². The summed E-state index contributed by atoms with van der Waals surface area (Å²) in [6.45, 7) is 1.76. The van der Waals surface area contributed by atoms with E-state index in [9.17, 15) is 9.59 Å². The van der Waals surface area contributed by atoms with Crippen LogP contribution in [0.15, 0.2) is 53.7 Å². The summed E-state index contributed by atoms with van der Waals surface area (Å²) in [4.78, 5) is 32.6. The number of urea groups is 1. The number of nitrogens with zero attached hydrogens (tertiary/aromatic N) is 4. The van der Waals surface area contributed by atoms with Crippen molar-refractivity contribution < 1.29 is 4.79 Å². The van der Waals surface area contributed by atoms with E-state index in [4.69, 9.17) is 0 Å². The smallest absolute Gasteiger partial charge is 0.301 e. The molecule has 2 amide bonds. The van der Waals surface area contributed by atoms with Crippen molar-refractivity contribution >= 4 is 17.5 Å². The molecule has 24 heavy (non-hydrogen) atoms. The quantitative estimate of drug-likeness (QED) is 0.769. The molecule has 2 heterocycles. The maximum absolute atomic E-state index is 12.7. The van der Waals surface area contributed by atoms with E-state index in [2.05, 4.69) is 20.6 Å². The zero-order valence-corrected chi connectivity index (χ0v) is 13.2. The number of aromatic nitrogens is 4. The van der Waals surface area contributed by atoms with E-state index in [1.807, 2.05) is 30.3 Å². The Morgan fingerprint density at radius 2 is 1.88 bits per heavy atom. The highest BCUT2D eigenvalue weighted by Crippen LogP contribution is 2.14. The van der Waals surface area contributed by atoms with Gasteiger partial charge in [0.1, 0.15) is 5.69 Å². The number of hydrogen-bond acceptors (Lipinski definition) is 4. The van der Waals surface area contributed by atoms with Gasteiger partial charge in [-0.15, -0.1) is 0 Å². The number of rotatable bonds is 3. The first kappa shape index (κ1) is 15.5. The van der Waals surface area contributed by atoms with Gasteiger partial charge in [-0.2, -0.15) is 0 Å². The molecule has 2 N–H and O–H groups in total. The van der Waals surface area contributed by atoms with Gasteiger partial charge in [0, 0.05) is 19.4 Å². The van der Waals surface area contributed by atoms with Gasteiger partial charge in [0.25, 0.3) is 5.56 Å². The van der Waals surface area contributed by atoms with E-state index in [-0.39, 0.29) is 11.2 Å².